The highest BCUT2D eigenvalue weighted by Gasteiger charge is 2.34. The van der Waals surface area contributed by atoms with Crippen LogP contribution in [0.5, 0.6) is 0 Å². The van der Waals surface area contributed by atoms with Crippen molar-refractivity contribution in [3.8, 4) is 0 Å². The Hall–Kier alpha value is -1.11. The van der Waals surface area contributed by atoms with Crippen molar-refractivity contribution in [2.24, 2.45) is 5.92 Å². The maximum Gasteiger partial charge on any atom is 0.287 e. The van der Waals surface area contributed by atoms with Crippen LogP contribution in [-0.4, -0.2) is 42.2 Å². The molecule has 1 aromatic heterocycles. The molecule has 1 fully saturated rings. The number of hydrogen-bond acceptors (Lipinski definition) is 5. The quantitative estimate of drug-likeness (QED) is 0.866. The second kappa shape index (κ2) is 6.77. The number of nitrogens with one attached hydrogen (secondary N) is 1. The van der Waals surface area contributed by atoms with Crippen molar-refractivity contribution in [2.75, 3.05) is 32.2 Å². The first-order valence-electron chi connectivity index (χ1n) is 7.10. The van der Waals surface area contributed by atoms with Crippen LogP contribution in [0.2, 0.25) is 5.02 Å². The first kappa shape index (κ1) is 16.3. The van der Waals surface area contributed by atoms with E-state index in [0.717, 1.165) is 6.42 Å². The van der Waals surface area contributed by atoms with Crippen LogP contribution in [0, 0.1) is 5.92 Å². The zero-order valence-electron chi connectivity index (χ0n) is 12.7. The lowest BCUT2D eigenvalue weighted by Gasteiger charge is -2.26. The van der Waals surface area contributed by atoms with Gasteiger partial charge in [0, 0.05) is 33.2 Å². The van der Waals surface area contributed by atoms with Gasteiger partial charge >= 0.3 is 0 Å². The normalized spacial score (nSPS) is 22.0. The molecule has 118 valence electrons. The first-order valence-corrected chi connectivity index (χ1v) is 7.47. The predicted molar refractivity (Wildman–Crippen MR) is 82.0 cm³/mol. The van der Waals surface area contributed by atoms with Gasteiger partial charge in [-0.1, -0.05) is 25.4 Å². The lowest BCUT2D eigenvalue weighted by atomic mass is 10.0. The summed E-state index contributed by atoms with van der Waals surface area (Å²) in [7, 11) is 1.66. The molecule has 21 heavy (non-hydrogen) atoms. The molecule has 0 saturated carbocycles. The smallest absolute Gasteiger partial charge is 0.287 e. The van der Waals surface area contributed by atoms with Crippen LogP contribution < -0.4 is 10.9 Å². The van der Waals surface area contributed by atoms with Gasteiger partial charge in [-0.15, -0.1) is 0 Å². The highest BCUT2D eigenvalue weighted by atomic mass is 35.5. The molecule has 2 rings (SSSR count). The van der Waals surface area contributed by atoms with Crippen LogP contribution in [0.15, 0.2) is 11.0 Å². The van der Waals surface area contributed by atoms with Gasteiger partial charge in [0.1, 0.15) is 10.6 Å². The fraction of sp³-hybridized carbons (Fsp3) is 0.714. The fourth-order valence-corrected chi connectivity index (χ4v) is 2.49. The van der Waals surface area contributed by atoms with Crippen molar-refractivity contribution in [2.45, 2.75) is 32.4 Å². The van der Waals surface area contributed by atoms with Gasteiger partial charge in [0.15, 0.2) is 0 Å². The third-order valence-corrected chi connectivity index (χ3v) is 3.99. The standard InChI is InChI=1S/C14H22ClN3O3/c1-10(2)7-18-13(19)12(15)11(6-17-18)16-8-14(20-3)4-5-21-9-14/h6,10,16H,4-5,7-9H2,1-3H3. The summed E-state index contributed by atoms with van der Waals surface area (Å²) >= 11 is 6.15. The number of nitrogens with zero attached hydrogens (tertiary/aromatic N) is 2. The number of rotatable bonds is 6. The molecule has 2 heterocycles. The van der Waals surface area contributed by atoms with E-state index in [-0.39, 0.29) is 16.2 Å². The van der Waals surface area contributed by atoms with Gasteiger partial charge in [-0.3, -0.25) is 4.79 Å². The van der Waals surface area contributed by atoms with E-state index < -0.39 is 0 Å². The lowest BCUT2D eigenvalue weighted by Crippen LogP contribution is -2.40. The van der Waals surface area contributed by atoms with Crippen molar-refractivity contribution in [1.29, 1.82) is 0 Å². The minimum atomic E-state index is -0.365. The molecule has 6 nitrogen and oxygen atoms in total. The van der Waals surface area contributed by atoms with E-state index in [1.165, 1.54) is 4.68 Å². The van der Waals surface area contributed by atoms with Gasteiger partial charge in [0.05, 0.1) is 18.5 Å². The monoisotopic (exact) mass is 315 g/mol. The van der Waals surface area contributed by atoms with Crippen LogP contribution in [0.25, 0.3) is 0 Å². The Morgan fingerprint density at radius 1 is 1.62 bits per heavy atom. The summed E-state index contributed by atoms with van der Waals surface area (Å²) in [6, 6.07) is 0. The summed E-state index contributed by atoms with van der Waals surface area (Å²) in [5, 5.41) is 7.48. The van der Waals surface area contributed by atoms with E-state index in [9.17, 15) is 4.79 Å². The largest absolute Gasteiger partial charge is 0.379 e. The summed E-state index contributed by atoms with van der Waals surface area (Å²) in [6.45, 7) is 6.34. The molecule has 1 aromatic rings. The Bertz CT molecular complexity index is 539. The summed E-state index contributed by atoms with van der Waals surface area (Å²) in [6.07, 6.45) is 2.40. The summed E-state index contributed by atoms with van der Waals surface area (Å²) in [4.78, 5) is 12.1. The Balaban J connectivity index is 2.11. The van der Waals surface area contributed by atoms with Crippen LogP contribution >= 0.6 is 11.6 Å². The second-order valence-corrected chi connectivity index (χ2v) is 6.17. The molecular formula is C14H22ClN3O3. The number of methoxy groups -OCH3 is 1. The fourth-order valence-electron chi connectivity index (χ4n) is 2.28. The van der Waals surface area contributed by atoms with E-state index in [4.69, 9.17) is 21.1 Å². The van der Waals surface area contributed by atoms with Gasteiger partial charge in [-0.2, -0.15) is 5.10 Å². The van der Waals surface area contributed by atoms with Crippen molar-refractivity contribution >= 4 is 17.3 Å². The topological polar surface area (TPSA) is 65.4 Å². The van der Waals surface area contributed by atoms with E-state index in [0.29, 0.717) is 37.9 Å². The maximum absolute atomic E-state index is 12.1. The van der Waals surface area contributed by atoms with Gasteiger partial charge in [-0.25, -0.2) is 4.68 Å². The van der Waals surface area contributed by atoms with E-state index in [2.05, 4.69) is 10.4 Å². The molecule has 1 aliphatic heterocycles. The molecule has 0 bridgehead atoms. The van der Waals surface area contributed by atoms with Gasteiger partial charge in [0.2, 0.25) is 0 Å². The van der Waals surface area contributed by atoms with Crippen molar-refractivity contribution in [1.82, 2.24) is 9.78 Å². The number of anilines is 1. The average molecular weight is 316 g/mol. The molecule has 1 atom stereocenters. The summed E-state index contributed by atoms with van der Waals surface area (Å²) in [5.74, 6) is 0.331. The van der Waals surface area contributed by atoms with Crippen molar-refractivity contribution in [3.63, 3.8) is 0 Å². The minimum absolute atomic E-state index is 0.163. The maximum atomic E-state index is 12.1. The molecule has 0 aromatic carbocycles. The molecule has 1 aliphatic rings. The Kier molecular flexibility index (Phi) is 5.24. The number of halogens is 1. The molecule has 0 spiro atoms. The SMILES string of the molecule is COC1(CNc2cnn(CC(C)C)c(=O)c2Cl)CCOC1. The highest BCUT2D eigenvalue weighted by Crippen LogP contribution is 2.24. The molecule has 1 unspecified atom stereocenters. The van der Waals surface area contributed by atoms with E-state index >= 15 is 0 Å². The molecule has 1 saturated heterocycles. The summed E-state index contributed by atoms with van der Waals surface area (Å²) in [5.41, 5.74) is -0.106. The van der Waals surface area contributed by atoms with Gasteiger partial charge in [0.25, 0.3) is 5.56 Å². The lowest BCUT2D eigenvalue weighted by molar-refractivity contribution is -0.00620. The van der Waals surface area contributed by atoms with Crippen LogP contribution in [0.4, 0.5) is 5.69 Å². The van der Waals surface area contributed by atoms with Crippen molar-refractivity contribution in [3.05, 3.63) is 21.6 Å². The first-order chi connectivity index (χ1) is 9.97. The molecule has 1 N–H and O–H groups in total. The minimum Gasteiger partial charge on any atom is -0.379 e. The summed E-state index contributed by atoms with van der Waals surface area (Å²) < 4.78 is 12.3. The van der Waals surface area contributed by atoms with Gasteiger partial charge < -0.3 is 14.8 Å². The zero-order valence-corrected chi connectivity index (χ0v) is 13.4. The van der Waals surface area contributed by atoms with Crippen LogP contribution in [-0.2, 0) is 16.0 Å². The third-order valence-electron chi connectivity index (χ3n) is 3.62. The Morgan fingerprint density at radius 2 is 2.38 bits per heavy atom. The Labute approximate surface area is 129 Å². The molecule has 0 amide bonds. The molecule has 0 radical (unpaired) electrons. The average Bonchev–Trinajstić information content (AvgIpc) is 2.92. The second-order valence-electron chi connectivity index (χ2n) is 5.80. The zero-order chi connectivity index (χ0) is 15.5. The molecule has 7 heteroatoms. The van der Waals surface area contributed by atoms with Gasteiger partial charge in [-0.05, 0) is 5.92 Å². The van der Waals surface area contributed by atoms with Crippen molar-refractivity contribution < 1.29 is 9.47 Å². The Morgan fingerprint density at radius 3 is 2.95 bits per heavy atom. The van der Waals surface area contributed by atoms with E-state index in [1.54, 1.807) is 13.3 Å². The highest BCUT2D eigenvalue weighted by molar-refractivity contribution is 6.32. The predicted octanol–water partition coefficient (Wildman–Crippen LogP) is 1.77. The van der Waals surface area contributed by atoms with Crippen LogP contribution in [0.1, 0.15) is 20.3 Å². The third kappa shape index (κ3) is 3.75. The molecular weight excluding hydrogens is 294 g/mol. The molecule has 0 aliphatic carbocycles. The number of hydrogen-bond donors (Lipinski definition) is 1. The van der Waals surface area contributed by atoms with E-state index in [1.807, 2.05) is 13.8 Å². The number of aromatic nitrogens is 2. The number of ether oxygens (including phenoxy) is 2. The van der Waals surface area contributed by atoms with Crippen LogP contribution in [0.3, 0.4) is 0 Å².